The number of hydrogen-bond donors (Lipinski definition) is 1. The van der Waals surface area contributed by atoms with Gasteiger partial charge in [0.25, 0.3) is 0 Å². The first-order valence-electron chi connectivity index (χ1n) is 5.75. The fraction of sp³-hybridized carbons (Fsp3) is 0.583. The molecule has 1 aromatic heterocycles. The van der Waals surface area contributed by atoms with E-state index in [2.05, 4.69) is 12.2 Å². The van der Waals surface area contributed by atoms with Gasteiger partial charge >= 0.3 is 0 Å². The second-order valence-corrected chi connectivity index (χ2v) is 5.56. The Morgan fingerprint density at radius 2 is 2.25 bits per heavy atom. The van der Waals surface area contributed by atoms with Crippen molar-refractivity contribution in [3.05, 3.63) is 15.3 Å². The number of aryl methyl sites for hydroxylation is 2. The third-order valence-corrected chi connectivity index (χ3v) is 4.45. The van der Waals surface area contributed by atoms with Crippen LogP contribution in [0.25, 0.3) is 0 Å². The van der Waals surface area contributed by atoms with Crippen LogP contribution in [0.3, 0.4) is 0 Å². The van der Waals surface area contributed by atoms with Crippen molar-refractivity contribution in [3.8, 4) is 0 Å². The number of anilines is 1. The predicted molar refractivity (Wildman–Crippen MR) is 69.7 cm³/mol. The SMILES string of the molecule is CCc1c(CCCl)sc2c1NC(=O)CCC2. The number of rotatable bonds is 3. The Bertz CT molecular complexity index is 400. The molecule has 1 aliphatic rings. The van der Waals surface area contributed by atoms with Gasteiger partial charge in [0.05, 0.1) is 5.69 Å². The summed E-state index contributed by atoms with van der Waals surface area (Å²) in [4.78, 5) is 14.2. The minimum Gasteiger partial charge on any atom is -0.325 e. The molecule has 0 saturated carbocycles. The van der Waals surface area contributed by atoms with Crippen LogP contribution in [0.15, 0.2) is 0 Å². The number of hydrogen-bond acceptors (Lipinski definition) is 2. The molecule has 0 bridgehead atoms. The number of nitrogens with one attached hydrogen (secondary N) is 1. The van der Waals surface area contributed by atoms with Gasteiger partial charge in [0.2, 0.25) is 5.91 Å². The van der Waals surface area contributed by atoms with Gasteiger partial charge in [-0.25, -0.2) is 0 Å². The average Bonchev–Trinajstić information content (AvgIpc) is 2.46. The van der Waals surface area contributed by atoms with Crippen LogP contribution in [0.1, 0.15) is 35.1 Å². The van der Waals surface area contributed by atoms with E-state index in [1.165, 1.54) is 15.3 Å². The van der Waals surface area contributed by atoms with Crippen molar-refractivity contribution >= 4 is 34.5 Å². The molecule has 2 nitrogen and oxygen atoms in total. The Hall–Kier alpha value is -0.540. The van der Waals surface area contributed by atoms with E-state index in [9.17, 15) is 4.79 Å². The number of halogens is 1. The summed E-state index contributed by atoms with van der Waals surface area (Å²) in [6, 6.07) is 0. The monoisotopic (exact) mass is 257 g/mol. The van der Waals surface area contributed by atoms with Gasteiger partial charge in [0, 0.05) is 22.1 Å². The minimum absolute atomic E-state index is 0.156. The molecule has 0 radical (unpaired) electrons. The van der Waals surface area contributed by atoms with Gasteiger partial charge in [-0.15, -0.1) is 22.9 Å². The predicted octanol–water partition coefficient (Wildman–Crippen LogP) is 3.37. The average molecular weight is 258 g/mol. The lowest BCUT2D eigenvalue weighted by Crippen LogP contribution is -2.10. The zero-order chi connectivity index (χ0) is 11.5. The molecule has 1 aliphatic heterocycles. The Labute approximate surface area is 105 Å². The summed E-state index contributed by atoms with van der Waals surface area (Å²) in [5.41, 5.74) is 2.39. The minimum atomic E-state index is 0.156. The van der Waals surface area contributed by atoms with Crippen LogP contribution in [-0.4, -0.2) is 11.8 Å². The van der Waals surface area contributed by atoms with Crippen molar-refractivity contribution in [1.82, 2.24) is 0 Å². The van der Waals surface area contributed by atoms with Crippen molar-refractivity contribution in [2.75, 3.05) is 11.2 Å². The summed E-state index contributed by atoms with van der Waals surface area (Å²) in [6.07, 6.45) is 4.52. The fourth-order valence-electron chi connectivity index (χ4n) is 2.16. The van der Waals surface area contributed by atoms with Crippen LogP contribution in [0.5, 0.6) is 0 Å². The molecule has 1 N–H and O–H groups in total. The molecule has 2 heterocycles. The number of fused-ring (bicyclic) bond motifs is 1. The van der Waals surface area contributed by atoms with Crippen molar-refractivity contribution in [3.63, 3.8) is 0 Å². The highest BCUT2D eigenvalue weighted by molar-refractivity contribution is 7.12. The molecule has 88 valence electrons. The lowest BCUT2D eigenvalue weighted by molar-refractivity contribution is -0.116. The Morgan fingerprint density at radius 3 is 2.94 bits per heavy atom. The molecule has 0 spiro atoms. The summed E-state index contributed by atoms with van der Waals surface area (Å²) in [5.74, 6) is 0.809. The third kappa shape index (κ3) is 2.25. The summed E-state index contributed by atoms with van der Waals surface area (Å²) in [5, 5.41) is 3.05. The first-order chi connectivity index (χ1) is 7.76. The Morgan fingerprint density at radius 1 is 1.44 bits per heavy atom. The molecule has 4 heteroatoms. The van der Waals surface area contributed by atoms with Gasteiger partial charge in [0.1, 0.15) is 0 Å². The molecule has 0 aromatic carbocycles. The second-order valence-electron chi connectivity index (χ2n) is 4.00. The molecular formula is C12H16ClNOS. The highest BCUT2D eigenvalue weighted by Gasteiger charge is 2.20. The van der Waals surface area contributed by atoms with E-state index in [4.69, 9.17) is 11.6 Å². The highest BCUT2D eigenvalue weighted by Crippen LogP contribution is 2.37. The van der Waals surface area contributed by atoms with Gasteiger partial charge in [0.15, 0.2) is 0 Å². The first-order valence-corrected chi connectivity index (χ1v) is 7.10. The molecule has 1 amide bonds. The number of amides is 1. The molecule has 0 fully saturated rings. The topological polar surface area (TPSA) is 29.1 Å². The summed E-state index contributed by atoms with van der Waals surface area (Å²) in [7, 11) is 0. The molecule has 16 heavy (non-hydrogen) atoms. The van der Waals surface area contributed by atoms with Gasteiger partial charge in [-0.05, 0) is 31.2 Å². The molecular weight excluding hydrogens is 242 g/mol. The van der Waals surface area contributed by atoms with Crippen LogP contribution in [0, 0.1) is 0 Å². The molecule has 0 aliphatic carbocycles. The maximum atomic E-state index is 11.5. The number of carbonyl (C=O) groups excluding carboxylic acids is 1. The fourth-order valence-corrected chi connectivity index (χ4v) is 3.86. The van der Waals surface area contributed by atoms with Gasteiger partial charge in [-0.1, -0.05) is 6.92 Å². The molecule has 0 atom stereocenters. The van der Waals surface area contributed by atoms with E-state index in [1.54, 1.807) is 0 Å². The van der Waals surface area contributed by atoms with E-state index in [1.807, 2.05) is 11.3 Å². The summed E-state index contributed by atoms with van der Waals surface area (Å²) < 4.78 is 0. The van der Waals surface area contributed by atoms with Crippen molar-refractivity contribution in [2.45, 2.75) is 39.0 Å². The van der Waals surface area contributed by atoms with Crippen LogP contribution >= 0.6 is 22.9 Å². The van der Waals surface area contributed by atoms with Crippen LogP contribution < -0.4 is 5.32 Å². The van der Waals surface area contributed by atoms with Crippen LogP contribution in [-0.2, 0) is 24.1 Å². The van der Waals surface area contributed by atoms with Gasteiger partial charge in [-0.3, -0.25) is 4.79 Å². The highest BCUT2D eigenvalue weighted by atomic mass is 35.5. The molecule has 1 aromatic rings. The maximum Gasteiger partial charge on any atom is 0.224 e. The van der Waals surface area contributed by atoms with Crippen molar-refractivity contribution in [2.24, 2.45) is 0 Å². The largest absolute Gasteiger partial charge is 0.325 e. The lowest BCUT2D eigenvalue weighted by Gasteiger charge is -2.05. The number of thiophene rings is 1. The van der Waals surface area contributed by atoms with Crippen LogP contribution in [0.2, 0.25) is 0 Å². The van der Waals surface area contributed by atoms with Crippen molar-refractivity contribution < 1.29 is 4.79 Å². The van der Waals surface area contributed by atoms with E-state index in [-0.39, 0.29) is 5.91 Å². The van der Waals surface area contributed by atoms with Crippen molar-refractivity contribution in [1.29, 1.82) is 0 Å². The summed E-state index contributed by atoms with van der Waals surface area (Å²) >= 11 is 7.64. The van der Waals surface area contributed by atoms with E-state index in [0.717, 1.165) is 31.4 Å². The van der Waals surface area contributed by atoms with E-state index >= 15 is 0 Å². The number of alkyl halides is 1. The summed E-state index contributed by atoms with van der Waals surface area (Å²) in [6.45, 7) is 2.14. The second kappa shape index (κ2) is 5.19. The quantitative estimate of drug-likeness (QED) is 0.827. The third-order valence-electron chi connectivity index (χ3n) is 2.91. The maximum absolute atomic E-state index is 11.5. The number of carbonyl (C=O) groups is 1. The smallest absolute Gasteiger partial charge is 0.224 e. The molecule has 2 rings (SSSR count). The normalized spacial score (nSPS) is 15.5. The zero-order valence-corrected chi connectivity index (χ0v) is 11.0. The van der Waals surface area contributed by atoms with Gasteiger partial charge < -0.3 is 5.32 Å². The first kappa shape index (κ1) is 11.9. The molecule has 0 saturated heterocycles. The standard InChI is InChI=1S/C12H16ClNOS/c1-2-8-9(6-7-13)16-10-4-3-5-11(15)14-12(8)10/h2-7H2,1H3,(H,14,15). The Balaban J connectivity index is 2.39. The van der Waals surface area contributed by atoms with E-state index < -0.39 is 0 Å². The molecule has 0 unspecified atom stereocenters. The van der Waals surface area contributed by atoms with Crippen LogP contribution in [0.4, 0.5) is 5.69 Å². The van der Waals surface area contributed by atoms with E-state index in [0.29, 0.717) is 12.3 Å². The zero-order valence-electron chi connectivity index (χ0n) is 9.44. The van der Waals surface area contributed by atoms with Gasteiger partial charge in [-0.2, -0.15) is 0 Å². The Kier molecular flexibility index (Phi) is 3.87. The lowest BCUT2D eigenvalue weighted by atomic mass is 10.1.